The Labute approximate surface area is 108 Å². The van der Waals surface area contributed by atoms with Crippen LogP contribution in [-0.4, -0.2) is 42.3 Å². The zero-order valence-corrected chi connectivity index (χ0v) is 9.97. The molecule has 0 saturated heterocycles. The largest absolute Gasteiger partial charge is 0.394 e. The Morgan fingerprint density at radius 1 is 1.47 bits per heavy atom. The molecule has 1 aromatic carbocycles. The van der Waals surface area contributed by atoms with Crippen LogP contribution >= 0.6 is 0 Å². The number of hydrogen-bond acceptors (Lipinski definition) is 5. The van der Waals surface area contributed by atoms with Crippen molar-refractivity contribution in [3.8, 4) is 0 Å². The maximum atomic E-state index is 13.4. The Bertz CT molecular complexity index is 466. The second kappa shape index (κ2) is 7.39. The Morgan fingerprint density at radius 2 is 2.21 bits per heavy atom. The minimum absolute atomic E-state index is 0.112. The molecule has 8 heteroatoms. The first-order valence-corrected chi connectivity index (χ1v) is 5.47. The van der Waals surface area contributed by atoms with Crippen LogP contribution in [0.15, 0.2) is 18.2 Å². The van der Waals surface area contributed by atoms with Crippen molar-refractivity contribution in [2.45, 2.75) is 0 Å². The fourth-order valence-corrected chi connectivity index (χ4v) is 1.30. The van der Waals surface area contributed by atoms with Gasteiger partial charge in [0.25, 0.3) is 11.6 Å². The second-order valence-electron chi connectivity index (χ2n) is 3.51. The molecule has 0 heterocycles. The number of amides is 1. The fourth-order valence-electron chi connectivity index (χ4n) is 1.30. The Kier molecular flexibility index (Phi) is 5.83. The van der Waals surface area contributed by atoms with Gasteiger partial charge in [-0.3, -0.25) is 14.9 Å². The normalized spacial score (nSPS) is 10.2. The lowest BCUT2D eigenvalue weighted by Gasteiger charge is -2.06. The summed E-state index contributed by atoms with van der Waals surface area (Å²) in [6.45, 7) is 0.276. The summed E-state index contributed by atoms with van der Waals surface area (Å²) in [6.07, 6.45) is 0. The van der Waals surface area contributed by atoms with Crippen LogP contribution in [0.25, 0.3) is 0 Å². The van der Waals surface area contributed by atoms with Gasteiger partial charge in [0.15, 0.2) is 0 Å². The zero-order valence-electron chi connectivity index (χ0n) is 9.97. The van der Waals surface area contributed by atoms with E-state index in [1.807, 2.05) is 0 Å². The van der Waals surface area contributed by atoms with E-state index in [0.29, 0.717) is 0 Å². The van der Waals surface area contributed by atoms with Gasteiger partial charge in [-0.1, -0.05) is 0 Å². The number of hydrogen-bond donors (Lipinski definition) is 2. The average molecular weight is 272 g/mol. The molecule has 0 bridgehead atoms. The summed E-state index contributed by atoms with van der Waals surface area (Å²) in [6, 6.07) is 2.73. The molecule has 7 nitrogen and oxygen atoms in total. The molecular formula is C11H13FN2O5. The first-order valence-electron chi connectivity index (χ1n) is 5.47. The summed E-state index contributed by atoms with van der Waals surface area (Å²) in [4.78, 5) is 21.4. The quantitative estimate of drug-likeness (QED) is 0.427. The fraction of sp³-hybridized carbons (Fsp3) is 0.364. The number of benzene rings is 1. The number of rotatable bonds is 7. The predicted octanol–water partition coefficient (Wildman–Crippen LogP) is 0.473. The summed E-state index contributed by atoms with van der Waals surface area (Å²) < 4.78 is 18.3. The standard InChI is InChI=1S/C11H13FN2O5/c12-10-2-1-8(14(17)18)7-9(10)11(16)13-3-5-19-6-4-15/h1-2,7,15H,3-6H2,(H,13,16). The van der Waals surface area contributed by atoms with Gasteiger partial charge in [-0.2, -0.15) is 0 Å². The number of aliphatic hydroxyl groups is 1. The van der Waals surface area contributed by atoms with Crippen LogP contribution in [0.4, 0.5) is 10.1 Å². The lowest BCUT2D eigenvalue weighted by atomic mass is 10.1. The number of halogens is 1. The van der Waals surface area contributed by atoms with Crippen LogP contribution in [0.3, 0.4) is 0 Å². The second-order valence-corrected chi connectivity index (χ2v) is 3.51. The first-order chi connectivity index (χ1) is 9.06. The SMILES string of the molecule is O=C(NCCOCCO)c1cc([N+](=O)[O-])ccc1F. The van der Waals surface area contributed by atoms with E-state index in [4.69, 9.17) is 9.84 Å². The monoisotopic (exact) mass is 272 g/mol. The van der Waals surface area contributed by atoms with Crippen molar-refractivity contribution in [2.24, 2.45) is 0 Å². The molecular weight excluding hydrogens is 259 g/mol. The van der Waals surface area contributed by atoms with E-state index in [2.05, 4.69) is 5.32 Å². The third kappa shape index (κ3) is 4.60. The molecule has 1 rings (SSSR count). The first kappa shape index (κ1) is 15.0. The lowest BCUT2D eigenvalue weighted by Crippen LogP contribution is -2.28. The maximum absolute atomic E-state index is 13.4. The van der Waals surface area contributed by atoms with Crippen molar-refractivity contribution < 1.29 is 24.0 Å². The van der Waals surface area contributed by atoms with E-state index in [0.717, 1.165) is 18.2 Å². The molecule has 2 N–H and O–H groups in total. The molecule has 1 amide bonds. The number of non-ortho nitro benzene ring substituents is 1. The molecule has 19 heavy (non-hydrogen) atoms. The Morgan fingerprint density at radius 3 is 2.84 bits per heavy atom. The number of ether oxygens (including phenoxy) is 1. The van der Waals surface area contributed by atoms with Gasteiger partial charge in [0.1, 0.15) is 5.82 Å². The Hall–Kier alpha value is -2.06. The van der Waals surface area contributed by atoms with E-state index in [1.54, 1.807) is 0 Å². The topological polar surface area (TPSA) is 102 Å². The number of aliphatic hydroxyl groups excluding tert-OH is 1. The van der Waals surface area contributed by atoms with Crippen LogP contribution in [0.1, 0.15) is 10.4 Å². The van der Waals surface area contributed by atoms with Gasteiger partial charge < -0.3 is 15.2 Å². The molecule has 0 aliphatic carbocycles. The van der Waals surface area contributed by atoms with E-state index in [-0.39, 0.29) is 32.1 Å². The molecule has 0 radical (unpaired) electrons. The summed E-state index contributed by atoms with van der Waals surface area (Å²) in [5, 5.41) is 21.3. The van der Waals surface area contributed by atoms with Gasteiger partial charge >= 0.3 is 0 Å². The highest BCUT2D eigenvalue weighted by molar-refractivity contribution is 5.95. The average Bonchev–Trinajstić information content (AvgIpc) is 2.38. The van der Waals surface area contributed by atoms with E-state index in [1.165, 1.54) is 0 Å². The van der Waals surface area contributed by atoms with Crippen molar-refractivity contribution >= 4 is 11.6 Å². The van der Waals surface area contributed by atoms with Crippen molar-refractivity contribution in [2.75, 3.05) is 26.4 Å². The van der Waals surface area contributed by atoms with Gasteiger partial charge in [-0.15, -0.1) is 0 Å². The van der Waals surface area contributed by atoms with Crippen molar-refractivity contribution in [3.63, 3.8) is 0 Å². The summed E-state index contributed by atoms with van der Waals surface area (Å²) in [5.74, 6) is -1.59. The van der Waals surface area contributed by atoms with Crippen molar-refractivity contribution in [3.05, 3.63) is 39.7 Å². The minimum Gasteiger partial charge on any atom is -0.394 e. The number of carbonyl (C=O) groups excluding carboxylic acids is 1. The number of carbonyl (C=O) groups is 1. The third-order valence-corrected chi connectivity index (χ3v) is 2.17. The van der Waals surface area contributed by atoms with Crippen LogP contribution in [0, 0.1) is 15.9 Å². The van der Waals surface area contributed by atoms with E-state index < -0.39 is 22.2 Å². The number of nitrogens with zero attached hydrogens (tertiary/aromatic N) is 1. The van der Waals surface area contributed by atoms with Crippen molar-refractivity contribution in [1.29, 1.82) is 0 Å². The molecule has 0 aliphatic heterocycles. The molecule has 0 atom stereocenters. The molecule has 0 saturated carbocycles. The van der Waals surface area contributed by atoms with E-state index in [9.17, 15) is 19.3 Å². The highest BCUT2D eigenvalue weighted by Crippen LogP contribution is 2.16. The summed E-state index contributed by atoms with van der Waals surface area (Å²) >= 11 is 0. The van der Waals surface area contributed by atoms with Gasteiger partial charge in [-0.05, 0) is 6.07 Å². The molecule has 0 fully saturated rings. The van der Waals surface area contributed by atoms with Crippen LogP contribution in [0.2, 0.25) is 0 Å². The van der Waals surface area contributed by atoms with Gasteiger partial charge in [-0.25, -0.2) is 4.39 Å². The molecule has 104 valence electrons. The molecule has 0 aromatic heterocycles. The molecule has 0 unspecified atom stereocenters. The highest BCUT2D eigenvalue weighted by Gasteiger charge is 2.16. The van der Waals surface area contributed by atoms with Crippen LogP contribution in [0.5, 0.6) is 0 Å². The Balaban J connectivity index is 2.61. The van der Waals surface area contributed by atoms with Gasteiger partial charge in [0, 0.05) is 18.7 Å². The molecule has 1 aromatic rings. The number of nitro groups is 1. The molecule has 0 spiro atoms. The smallest absolute Gasteiger partial charge is 0.270 e. The number of nitrogens with one attached hydrogen (secondary N) is 1. The number of nitro benzene ring substituents is 1. The van der Waals surface area contributed by atoms with Crippen LogP contribution < -0.4 is 5.32 Å². The van der Waals surface area contributed by atoms with Crippen molar-refractivity contribution in [1.82, 2.24) is 5.32 Å². The van der Waals surface area contributed by atoms with E-state index >= 15 is 0 Å². The predicted molar refractivity (Wildman–Crippen MR) is 63.3 cm³/mol. The summed E-state index contributed by atoms with van der Waals surface area (Å²) in [7, 11) is 0. The summed E-state index contributed by atoms with van der Waals surface area (Å²) in [5.41, 5.74) is -0.751. The maximum Gasteiger partial charge on any atom is 0.270 e. The van der Waals surface area contributed by atoms with Gasteiger partial charge in [0.2, 0.25) is 0 Å². The minimum atomic E-state index is -0.834. The van der Waals surface area contributed by atoms with Crippen LogP contribution in [-0.2, 0) is 4.74 Å². The highest BCUT2D eigenvalue weighted by atomic mass is 19.1. The van der Waals surface area contributed by atoms with Gasteiger partial charge in [0.05, 0.1) is 30.3 Å². The zero-order chi connectivity index (χ0) is 14.3. The third-order valence-electron chi connectivity index (χ3n) is 2.17. The lowest BCUT2D eigenvalue weighted by molar-refractivity contribution is -0.384. The molecule has 0 aliphatic rings.